The third-order valence-electron chi connectivity index (χ3n) is 4.17. The van der Waals surface area contributed by atoms with Gasteiger partial charge in [-0.1, -0.05) is 18.2 Å². The Morgan fingerprint density at radius 3 is 2.69 bits per heavy atom. The minimum absolute atomic E-state index is 0.411. The van der Waals surface area contributed by atoms with E-state index >= 15 is 0 Å². The van der Waals surface area contributed by atoms with Crippen LogP contribution in [0.5, 0.6) is 5.75 Å². The van der Waals surface area contributed by atoms with Crippen molar-refractivity contribution in [3.8, 4) is 11.8 Å². The first-order chi connectivity index (χ1) is 14.0. The number of aryl methyl sites for hydroxylation is 1. The van der Waals surface area contributed by atoms with Crippen LogP contribution in [0.2, 0.25) is 0 Å². The molecule has 0 amide bonds. The summed E-state index contributed by atoms with van der Waals surface area (Å²) in [6.07, 6.45) is 2.87. The summed E-state index contributed by atoms with van der Waals surface area (Å²) in [6.45, 7) is 1.31. The van der Waals surface area contributed by atoms with E-state index in [4.69, 9.17) is 9.47 Å². The first kappa shape index (κ1) is 20.2. The summed E-state index contributed by atoms with van der Waals surface area (Å²) in [5.74, 6) is -1.40. The summed E-state index contributed by atoms with van der Waals surface area (Å²) in [7, 11) is 1.62. The number of Topliss-reactive ketones (excluding diaryl/α,β-unsaturated/α-hetero) is 1. The molecular formula is C22H18N2O4S. The van der Waals surface area contributed by atoms with Gasteiger partial charge in [0.2, 0.25) is 0 Å². The number of benzene rings is 2. The van der Waals surface area contributed by atoms with E-state index in [1.54, 1.807) is 25.5 Å². The zero-order valence-electron chi connectivity index (χ0n) is 15.9. The van der Waals surface area contributed by atoms with Crippen molar-refractivity contribution in [2.75, 3.05) is 13.7 Å². The Kier molecular flexibility index (Phi) is 6.37. The van der Waals surface area contributed by atoms with Crippen LogP contribution in [0.1, 0.15) is 22.2 Å². The topological polar surface area (TPSA) is 89.3 Å². The highest BCUT2D eigenvalue weighted by atomic mass is 32.1. The van der Waals surface area contributed by atoms with Crippen molar-refractivity contribution >= 4 is 39.9 Å². The number of aromatic nitrogens is 1. The van der Waals surface area contributed by atoms with Gasteiger partial charge >= 0.3 is 5.97 Å². The lowest BCUT2D eigenvalue weighted by atomic mass is 10.1. The van der Waals surface area contributed by atoms with Crippen LogP contribution < -0.4 is 4.74 Å². The molecule has 0 N–H and O–H groups in total. The number of fused-ring (bicyclic) bond motifs is 1. The van der Waals surface area contributed by atoms with Crippen molar-refractivity contribution in [1.29, 1.82) is 5.26 Å². The minimum Gasteiger partial charge on any atom is -0.497 e. The van der Waals surface area contributed by atoms with Crippen LogP contribution in [0.25, 0.3) is 16.8 Å². The average Bonchev–Trinajstić information content (AvgIpc) is 3.16. The Labute approximate surface area is 172 Å². The summed E-state index contributed by atoms with van der Waals surface area (Å²) in [6, 6.07) is 13.4. The Morgan fingerprint density at radius 2 is 2.00 bits per heavy atom. The van der Waals surface area contributed by atoms with Crippen molar-refractivity contribution < 1.29 is 19.1 Å². The molecule has 7 heteroatoms. The van der Waals surface area contributed by atoms with E-state index in [1.807, 2.05) is 42.5 Å². The summed E-state index contributed by atoms with van der Waals surface area (Å²) >= 11 is 1.24. The van der Waals surface area contributed by atoms with Gasteiger partial charge in [-0.25, -0.2) is 9.78 Å². The van der Waals surface area contributed by atoms with Crippen LogP contribution in [0, 0.1) is 18.3 Å². The van der Waals surface area contributed by atoms with Gasteiger partial charge in [0.25, 0.3) is 0 Å². The molecule has 2 aromatic carbocycles. The monoisotopic (exact) mass is 406 g/mol. The number of nitriles is 1. The van der Waals surface area contributed by atoms with Gasteiger partial charge < -0.3 is 9.47 Å². The molecule has 1 atom stereocenters. The lowest BCUT2D eigenvalue weighted by Crippen LogP contribution is -2.19. The SMILES string of the molecule is COc1ccc2cc(/C=C/C(=O)OCC(=O)[C@@H](C#N)c3nc(C)cs3)ccc2c1. The van der Waals surface area contributed by atoms with E-state index in [1.165, 1.54) is 17.4 Å². The molecule has 0 bridgehead atoms. The zero-order valence-corrected chi connectivity index (χ0v) is 16.7. The van der Waals surface area contributed by atoms with Crippen LogP contribution in [0.3, 0.4) is 0 Å². The number of thiazole rings is 1. The Bertz CT molecular complexity index is 1130. The lowest BCUT2D eigenvalue weighted by molar-refractivity contribution is -0.143. The number of hydrogen-bond acceptors (Lipinski definition) is 7. The molecule has 1 aromatic heterocycles. The van der Waals surface area contributed by atoms with Gasteiger partial charge in [0.1, 0.15) is 10.8 Å². The molecule has 0 unspecified atom stereocenters. The number of ketones is 1. The molecule has 3 aromatic rings. The minimum atomic E-state index is -1.03. The first-order valence-electron chi connectivity index (χ1n) is 8.77. The Morgan fingerprint density at radius 1 is 1.24 bits per heavy atom. The van der Waals surface area contributed by atoms with Gasteiger partial charge in [-0.05, 0) is 47.5 Å². The maximum atomic E-state index is 12.2. The highest BCUT2D eigenvalue weighted by Gasteiger charge is 2.24. The molecule has 29 heavy (non-hydrogen) atoms. The smallest absolute Gasteiger partial charge is 0.331 e. The molecule has 0 saturated heterocycles. The van der Waals surface area contributed by atoms with Crippen molar-refractivity contribution in [1.82, 2.24) is 4.98 Å². The number of ether oxygens (including phenoxy) is 2. The molecule has 146 valence electrons. The van der Waals surface area contributed by atoms with Gasteiger partial charge in [-0.15, -0.1) is 11.3 Å². The van der Waals surface area contributed by atoms with E-state index in [-0.39, 0.29) is 0 Å². The van der Waals surface area contributed by atoms with Gasteiger partial charge in [0, 0.05) is 17.2 Å². The fourth-order valence-corrected chi connectivity index (χ4v) is 3.54. The van der Waals surface area contributed by atoms with E-state index in [0.717, 1.165) is 27.8 Å². The van der Waals surface area contributed by atoms with Crippen molar-refractivity contribution in [3.63, 3.8) is 0 Å². The van der Waals surface area contributed by atoms with Gasteiger partial charge in [0.05, 0.1) is 13.2 Å². The molecule has 0 spiro atoms. The second-order valence-electron chi connectivity index (χ2n) is 6.27. The fraction of sp³-hybridized carbons (Fsp3) is 0.182. The largest absolute Gasteiger partial charge is 0.497 e. The van der Waals surface area contributed by atoms with E-state index in [0.29, 0.717) is 5.01 Å². The predicted octanol–water partition coefficient (Wildman–Crippen LogP) is 4.05. The molecular weight excluding hydrogens is 388 g/mol. The normalized spacial score (nSPS) is 11.9. The van der Waals surface area contributed by atoms with Crippen molar-refractivity contribution in [2.45, 2.75) is 12.8 Å². The van der Waals surface area contributed by atoms with Crippen molar-refractivity contribution in [3.05, 3.63) is 64.1 Å². The third kappa shape index (κ3) is 5.06. The molecule has 1 heterocycles. The molecule has 0 fully saturated rings. The van der Waals surface area contributed by atoms with Crippen LogP contribution in [-0.2, 0) is 14.3 Å². The number of carbonyl (C=O) groups is 2. The van der Waals surface area contributed by atoms with Gasteiger partial charge in [0.15, 0.2) is 18.3 Å². The summed E-state index contributed by atoms with van der Waals surface area (Å²) < 4.78 is 10.2. The number of carbonyl (C=O) groups excluding carboxylic acids is 2. The second kappa shape index (κ2) is 9.13. The van der Waals surface area contributed by atoms with E-state index in [9.17, 15) is 14.9 Å². The lowest BCUT2D eigenvalue weighted by Gasteiger charge is -2.05. The number of methoxy groups -OCH3 is 1. The summed E-state index contributed by atoms with van der Waals surface area (Å²) in [4.78, 5) is 28.3. The van der Waals surface area contributed by atoms with Crippen LogP contribution >= 0.6 is 11.3 Å². The second-order valence-corrected chi connectivity index (χ2v) is 7.16. The van der Waals surface area contributed by atoms with Crippen LogP contribution in [0.4, 0.5) is 0 Å². The van der Waals surface area contributed by atoms with Crippen LogP contribution in [0.15, 0.2) is 47.9 Å². The average molecular weight is 406 g/mol. The summed E-state index contributed by atoms with van der Waals surface area (Å²) in [5, 5.41) is 13.4. The maximum absolute atomic E-state index is 12.2. The number of nitrogens with zero attached hydrogens (tertiary/aromatic N) is 2. The fourth-order valence-electron chi connectivity index (χ4n) is 2.68. The molecule has 6 nitrogen and oxygen atoms in total. The Balaban J connectivity index is 1.60. The molecule has 0 saturated carbocycles. The molecule has 0 aliphatic rings. The number of rotatable bonds is 7. The maximum Gasteiger partial charge on any atom is 0.331 e. The predicted molar refractivity (Wildman–Crippen MR) is 111 cm³/mol. The zero-order chi connectivity index (χ0) is 20.8. The quantitative estimate of drug-likeness (QED) is 0.434. The molecule has 0 radical (unpaired) electrons. The standard InChI is InChI=1S/C22H18N2O4S/c1-14-13-29-22(24-14)19(11-23)20(25)12-28-21(26)8-4-15-3-5-17-10-18(27-2)7-6-16(17)9-15/h3-10,13,19H,12H2,1-2H3/b8-4+/t19-/m1/s1. The van der Waals surface area contributed by atoms with Gasteiger partial charge in [-0.3, -0.25) is 4.79 Å². The van der Waals surface area contributed by atoms with E-state index in [2.05, 4.69) is 4.98 Å². The highest BCUT2D eigenvalue weighted by Crippen LogP contribution is 2.23. The molecule has 0 aliphatic heterocycles. The Hall–Kier alpha value is -3.50. The van der Waals surface area contributed by atoms with Gasteiger partial charge in [-0.2, -0.15) is 5.26 Å². The van der Waals surface area contributed by atoms with E-state index < -0.39 is 24.3 Å². The first-order valence-corrected chi connectivity index (χ1v) is 9.65. The highest BCUT2D eigenvalue weighted by molar-refractivity contribution is 7.09. The van der Waals surface area contributed by atoms with Crippen LogP contribution in [-0.4, -0.2) is 30.5 Å². The van der Waals surface area contributed by atoms with Crippen molar-refractivity contribution in [2.24, 2.45) is 0 Å². The third-order valence-corrected chi connectivity index (χ3v) is 5.20. The number of hydrogen-bond donors (Lipinski definition) is 0. The molecule has 0 aliphatic carbocycles. The summed E-state index contributed by atoms with van der Waals surface area (Å²) in [5.41, 5.74) is 1.56. The number of esters is 1. The molecule has 3 rings (SSSR count).